The fourth-order valence-electron chi connectivity index (χ4n) is 2.82. The van der Waals surface area contributed by atoms with Crippen LogP contribution in [0, 0.1) is 12.7 Å². The van der Waals surface area contributed by atoms with Crippen LogP contribution in [0.15, 0.2) is 28.8 Å². The first kappa shape index (κ1) is 17.4. The maximum absolute atomic E-state index is 13.9. The van der Waals surface area contributed by atoms with Crippen molar-refractivity contribution in [2.75, 3.05) is 13.1 Å². The Bertz CT molecular complexity index is 780. The molecule has 3 rings (SSSR count). The lowest BCUT2D eigenvalue weighted by molar-refractivity contribution is 0.0693. The van der Waals surface area contributed by atoms with E-state index in [4.69, 9.17) is 16.1 Å². The number of carbonyl (C=O) groups is 2. The van der Waals surface area contributed by atoms with Crippen LogP contribution in [0.5, 0.6) is 0 Å². The molecule has 25 heavy (non-hydrogen) atoms. The first-order valence-electron chi connectivity index (χ1n) is 7.93. The van der Waals surface area contributed by atoms with E-state index in [1.54, 1.807) is 17.9 Å². The van der Waals surface area contributed by atoms with Crippen molar-refractivity contribution >= 4 is 23.4 Å². The number of amides is 2. The minimum Gasteiger partial charge on any atom is -0.361 e. The number of piperidine rings is 1. The second-order valence-electron chi connectivity index (χ2n) is 5.96. The molecule has 1 aliphatic rings. The number of halogens is 2. The summed E-state index contributed by atoms with van der Waals surface area (Å²) in [4.78, 5) is 26.1. The molecule has 0 aliphatic carbocycles. The summed E-state index contributed by atoms with van der Waals surface area (Å²) in [6.45, 7) is 2.53. The molecule has 2 aromatic rings. The van der Waals surface area contributed by atoms with Crippen LogP contribution >= 0.6 is 11.6 Å². The van der Waals surface area contributed by atoms with Gasteiger partial charge in [-0.15, -0.1) is 0 Å². The molecule has 0 saturated carbocycles. The average molecular weight is 366 g/mol. The molecule has 1 fully saturated rings. The van der Waals surface area contributed by atoms with Crippen LogP contribution in [0.25, 0.3) is 0 Å². The van der Waals surface area contributed by atoms with Gasteiger partial charge in [-0.1, -0.05) is 22.8 Å². The molecule has 1 N–H and O–H groups in total. The number of carbonyl (C=O) groups excluding carboxylic acids is 2. The van der Waals surface area contributed by atoms with Crippen molar-refractivity contribution in [3.63, 3.8) is 0 Å². The van der Waals surface area contributed by atoms with Gasteiger partial charge in [-0.25, -0.2) is 4.39 Å². The minimum atomic E-state index is -0.630. The molecular weight excluding hydrogens is 349 g/mol. The standard InChI is InChI=1S/C17H17ClFN3O3/c1-10-9-14(21-25-10)16(23)20-11-5-7-22(8-6-11)17(24)15-12(18)3-2-4-13(15)19/h2-4,9,11H,5-8H2,1H3,(H,20,23). The molecule has 0 radical (unpaired) electrons. The number of hydrogen-bond acceptors (Lipinski definition) is 4. The van der Waals surface area contributed by atoms with Crippen molar-refractivity contribution in [2.24, 2.45) is 0 Å². The zero-order valence-electron chi connectivity index (χ0n) is 13.6. The van der Waals surface area contributed by atoms with Crippen molar-refractivity contribution < 1.29 is 18.5 Å². The molecule has 2 heterocycles. The summed E-state index contributed by atoms with van der Waals surface area (Å²) in [5.74, 6) is -0.805. The summed E-state index contributed by atoms with van der Waals surface area (Å²) < 4.78 is 18.8. The van der Waals surface area contributed by atoms with Gasteiger partial charge in [-0.3, -0.25) is 9.59 Å². The van der Waals surface area contributed by atoms with Gasteiger partial charge < -0.3 is 14.7 Å². The molecule has 0 bridgehead atoms. The van der Waals surface area contributed by atoms with E-state index in [0.29, 0.717) is 31.7 Å². The number of aryl methyl sites for hydroxylation is 1. The number of likely N-dealkylation sites (tertiary alicyclic amines) is 1. The number of benzene rings is 1. The van der Waals surface area contributed by atoms with Gasteiger partial charge in [0, 0.05) is 25.2 Å². The molecule has 2 amide bonds. The third kappa shape index (κ3) is 3.82. The summed E-state index contributed by atoms with van der Waals surface area (Å²) in [7, 11) is 0. The third-order valence-corrected chi connectivity index (χ3v) is 4.47. The molecule has 132 valence electrons. The molecule has 1 saturated heterocycles. The van der Waals surface area contributed by atoms with Crippen LogP contribution in [-0.4, -0.2) is 41.0 Å². The van der Waals surface area contributed by atoms with Gasteiger partial charge in [0.15, 0.2) is 5.69 Å². The lowest BCUT2D eigenvalue weighted by Gasteiger charge is -2.32. The number of rotatable bonds is 3. The van der Waals surface area contributed by atoms with Gasteiger partial charge in [-0.2, -0.15) is 0 Å². The van der Waals surface area contributed by atoms with Crippen LogP contribution in [-0.2, 0) is 0 Å². The SMILES string of the molecule is Cc1cc(C(=O)NC2CCN(C(=O)c3c(F)cccc3Cl)CC2)no1. The van der Waals surface area contributed by atoms with Crippen molar-refractivity contribution in [3.05, 3.63) is 52.1 Å². The fourth-order valence-corrected chi connectivity index (χ4v) is 3.06. The Labute approximate surface area is 148 Å². The number of aromatic nitrogens is 1. The Balaban J connectivity index is 1.58. The average Bonchev–Trinajstić information content (AvgIpc) is 3.02. The van der Waals surface area contributed by atoms with Crippen LogP contribution < -0.4 is 5.32 Å². The van der Waals surface area contributed by atoms with Crippen LogP contribution in [0.4, 0.5) is 4.39 Å². The van der Waals surface area contributed by atoms with E-state index in [-0.39, 0.29) is 28.2 Å². The zero-order chi connectivity index (χ0) is 18.0. The predicted molar refractivity (Wildman–Crippen MR) is 89.0 cm³/mol. The largest absolute Gasteiger partial charge is 0.361 e. The van der Waals surface area contributed by atoms with Crippen molar-refractivity contribution in [1.82, 2.24) is 15.4 Å². The van der Waals surface area contributed by atoms with Gasteiger partial charge in [0.1, 0.15) is 11.6 Å². The molecule has 1 aromatic carbocycles. The fraction of sp³-hybridized carbons (Fsp3) is 0.353. The molecule has 1 aromatic heterocycles. The summed E-state index contributed by atoms with van der Waals surface area (Å²) >= 11 is 5.95. The van der Waals surface area contributed by atoms with Gasteiger partial charge >= 0.3 is 0 Å². The highest BCUT2D eigenvalue weighted by Gasteiger charge is 2.28. The van der Waals surface area contributed by atoms with Gasteiger partial charge in [0.25, 0.3) is 11.8 Å². The molecule has 0 unspecified atom stereocenters. The quantitative estimate of drug-likeness (QED) is 0.907. The third-order valence-electron chi connectivity index (χ3n) is 4.15. The first-order valence-corrected chi connectivity index (χ1v) is 8.31. The van der Waals surface area contributed by atoms with Gasteiger partial charge in [0.2, 0.25) is 0 Å². The van der Waals surface area contributed by atoms with Gasteiger partial charge in [-0.05, 0) is 31.9 Å². The second-order valence-corrected chi connectivity index (χ2v) is 6.37. The molecule has 6 nitrogen and oxygen atoms in total. The summed E-state index contributed by atoms with van der Waals surface area (Å²) in [5.41, 5.74) is 0.124. The lowest BCUT2D eigenvalue weighted by Crippen LogP contribution is -2.46. The Morgan fingerprint density at radius 3 is 2.68 bits per heavy atom. The van der Waals surface area contributed by atoms with Crippen molar-refractivity contribution in [1.29, 1.82) is 0 Å². The topological polar surface area (TPSA) is 75.4 Å². The Morgan fingerprint density at radius 1 is 1.36 bits per heavy atom. The second kappa shape index (κ2) is 7.23. The van der Waals surface area contributed by atoms with E-state index in [0.717, 1.165) is 0 Å². The number of nitrogens with zero attached hydrogens (tertiary/aromatic N) is 2. The molecule has 0 spiro atoms. The number of nitrogens with one attached hydrogen (secondary N) is 1. The first-order chi connectivity index (χ1) is 12.0. The van der Waals surface area contributed by atoms with E-state index in [1.807, 2.05) is 0 Å². The van der Waals surface area contributed by atoms with Crippen LogP contribution in [0.2, 0.25) is 5.02 Å². The summed E-state index contributed by atoms with van der Waals surface area (Å²) in [6.07, 6.45) is 1.14. The normalized spacial score (nSPS) is 15.2. The highest BCUT2D eigenvalue weighted by atomic mass is 35.5. The maximum atomic E-state index is 13.9. The van der Waals surface area contributed by atoms with Gasteiger partial charge in [0.05, 0.1) is 10.6 Å². The Morgan fingerprint density at radius 2 is 2.08 bits per heavy atom. The van der Waals surface area contributed by atoms with E-state index < -0.39 is 11.7 Å². The molecular formula is C17H17ClFN3O3. The molecule has 1 aliphatic heterocycles. The lowest BCUT2D eigenvalue weighted by atomic mass is 10.0. The van der Waals surface area contributed by atoms with Crippen LogP contribution in [0.3, 0.4) is 0 Å². The van der Waals surface area contributed by atoms with E-state index in [1.165, 1.54) is 18.2 Å². The summed E-state index contributed by atoms with van der Waals surface area (Å²) in [5, 5.41) is 6.65. The highest BCUT2D eigenvalue weighted by Crippen LogP contribution is 2.23. The summed E-state index contributed by atoms with van der Waals surface area (Å²) in [6, 6.07) is 5.65. The molecule has 8 heteroatoms. The Kier molecular flexibility index (Phi) is 5.03. The van der Waals surface area contributed by atoms with E-state index >= 15 is 0 Å². The van der Waals surface area contributed by atoms with E-state index in [9.17, 15) is 14.0 Å². The maximum Gasteiger partial charge on any atom is 0.273 e. The highest BCUT2D eigenvalue weighted by molar-refractivity contribution is 6.33. The van der Waals surface area contributed by atoms with Crippen LogP contribution in [0.1, 0.15) is 39.4 Å². The van der Waals surface area contributed by atoms with Crippen molar-refractivity contribution in [3.8, 4) is 0 Å². The monoisotopic (exact) mass is 365 g/mol. The minimum absolute atomic E-state index is 0.0790. The van der Waals surface area contributed by atoms with E-state index in [2.05, 4.69) is 10.5 Å². The number of hydrogen-bond donors (Lipinski definition) is 1. The predicted octanol–water partition coefficient (Wildman–Crippen LogP) is 2.81. The smallest absolute Gasteiger partial charge is 0.273 e. The zero-order valence-corrected chi connectivity index (χ0v) is 14.3. The van der Waals surface area contributed by atoms with Crippen molar-refractivity contribution in [2.45, 2.75) is 25.8 Å². The molecule has 0 atom stereocenters. The Hall–Kier alpha value is -2.41.